The summed E-state index contributed by atoms with van der Waals surface area (Å²) in [6.07, 6.45) is 1.45. The van der Waals surface area contributed by atoms with Gasteiger partial charge in [-0.3, -0.25) is 4.31 Å². The second kappa shape index (κ2) is 6.32. The summed E-state index contributed by atoms with van der Waals surface area (Å²) in [5.74, 6) is 0.598. The molecule has 8 heteroatoms. The summed E-state index contributed by atoms with van der Waals surface area (Å²) in [4.78, 5) is 4.16. The van der Waals surface area contributed by atoms with Crippen LogP contribution in [0.25, 0.3) is 5.69 Å². The van der Waals surface area contributed by atoms with E-state index < -0.39 is 10.0 Å². The molecule has 24 heavy (non-hydrogen) atoms. The molecule has 0 saturated carbocycles. The van der Waals surface area contributed by atoms with Crippen molar-refractivity contribution in [2.24, 2.45) is 0 Å². The standard InChI is InChI=1S/C16H16N4O3S/c1-19(14-9-6-10-15(18-14)23-2)24(21,22)16-11-12-17-20(16)13-7-4-3-5-8-13/h3-12H,1-2H3. The Balaban J connectivity index is 2.04. The molecule has 0 aliphatic carbocycles. The van der Waals surface area contributed by atoms with Gasteiger partial charge in [-0.05, 0) is 24.3 Å². The Kier molecular flexibility index (Phi) is 4.22. The van der Waals surface area contributed by atoms with E-state index in [0.29, 0.717) is 11.6 Å². The van der Waals surface area contributed by atoms with E-state index in [0.717, 1.165) is 4.31 Å². The second-order valence-corrected chi connectivity index (χ2v) is 6.84. The van der Waals surface area contributed by atoms with Gasteiger partial charge in [0.15, 0.2) is 5.03 Å². The largest absolute Gasteiger partial charge is 0.481 e. The van der Waals surface area contributed by atoms with Gasteiger partial charge in [-0.15, -0.1) is 0 Å². The number of para-hydroxylation sites is 1. The average molecular weight is 344 g/mol. The minimum atomic E-state index is -3.84. The molecule has 7 nitrogen and oxygen atoms in total. The van der Waals surface area contributed by atoms with E-state index in [2.05, 4.69) is 10.1 Å². The molecular weight excluding hydrogens is 328 g/mol. The molecule has 0 fully saturated rings. The predicted octanol–water partition coefficient (Wildman–Crippen LogP) is 2.10. The Bertz CT molecular complexity index is 939. The van der Waals surface area contributed by atoms with Gasteiger partial charge in [-0.25, -0.2) is 4.68 Å². The number of pyridine rings is 1. The lowest BCUT2D eigenvalue weighted by molar-refractivity contribution is 0.398. The molecule has 0 spiro atoms. The molecule has 0 radical (unpaired) electrons. The highest BCUT2D eigenvalue weighted by molar-refractivity contribution is 7.92. The molecule has 0 aliphatic heterocycles. The van der Waals surface area contributed by atoms with Crippen LogP contribution in [0.3, 0.4) is 0 Å². The van der Waals surface area contributed by atoms with Gasteiger partial charge in [0.1, 0.15) is 5.82 Å². The first-order valence-electron chi connectivity index (χ1n) is 7.13. The molecule has 1 aromatic carbocycles. The fourth-order valence-corrected chi connectivity index (χ4v) is 3.44. The van der Waals surface area contributed by atoms with E-state index in [1.54, 1.807) is 30.3 Å². The summed E-state index contributed by atoms with van der Waals surface area (Å²) in [6, 6.07) is 15.5. The monoisotopic (exact) mass is 344 g/mol. The predicted molar refractivity (Wildman–Crippen MR) is 89.9 cm³/mol. The zero-order chi connectivity index (χ0) is 17.2. The third-order valence-corrected chi connectivity index (χ3v) is 5.22. The Morgan fingerprint density at radius 1 is 1.04 bits per heavy atom. The lowest BCUT2D eigenvalue weighted by Crippen LogP contribution is -2.29. The highest BCUT2D eigenvalue weighted by atomic mass is 32.2. The molecule has 3 aromatic rings. The maximum Gasteiger partial charge on any atom is 0.282 e. The quantitative estimate of drug-likeness (QED) is 0.708. The Morgan fingerprint density at radius 2 is 1.79 bits per heavy atom. The number of hydrogen-bond donors (Lipinski definition) is 0. The maximum atomic E-state index is 13.0. The van der Waals surface area contributed by atoms with Crippen LogP contribution in [-0.4, -0.2) is 37.3 Å². The third kappa shape index (κ3) is 2.83. The van der Waals surface area contributed by atoms with Crippen molar-refractivity contribution in [3.05, 3.63) is 60.8 Å². The summed E-state index contributed by atoms with van der Waals surface area (Å²) in [6.45, 7) is 0. The topological polar surface area (TPSA) is 77.3 Å². The summed E-state index contributed by atoms with van der Waals surface area (Å²) >= 11 is 0. The first kappa shape index (κ1) is 16.0. The Morgan fingerprint density at radius 3 is 2.50 bits per heavy atom. The number of ether oxygens (including phenoxy) is 1. The van der Waals surface area contributed by atoms with Gasteiger partial charge in [0, 0.05) is 13.1 Å². The molecule has 3 rings (SSSR count). The minimum absolute atomic E-state index is 0.0563. The van der Waals surface area contributed by atoms with Crippen LogP contribution in [0.4, 0.5) is 5.82 Å². The van der Waals surface area contributed by atoms with E-state index in [1.807, 2.05) is 18.2 Å². The SMILES string of the molecule is COc1cccc(N(C)S(=O)(=O)c2ccnn2-c2ccccc2)n1. The number of nitrogens with zero attached hydrogens (tertiary/aromatic N) is 4. The lowest BCUT2D eigenvalue weighted by Gasteiger charge is -2.19. The molecule has 2 aromatic heterocycles. The Hall–Kier alpha value is -2.87. The number of methoxy groups -OCH3 is 1. The smallest absolute Gasteiger partial charge is 0.282 e. The number of benzene rings is 1. The van der Waals surface area contributed by atoms with Crippen LogP contribution in [0.5, 0.6) is 5.88 Å². The molecule has 2 heterocycles. The van der Waals surface area contributed by atoms with Gasteiger partial charge in [0.05, 0.1) is 19.0 Å². The highest BCUT2D eigenvalue weighted by Crippen LogP contribution is 2.23. The van der Waals surface area contributed by atoms with Crippen LogP contribution < -0.4 is 9.04 Å². The van der Waals surface area contributed by atoms with Gasteiger partial charge in [-0.2, -0.15) is 18.5 Å². The summed E-state index contributed by atoms with van der Waals surface area (Å²) in [5, 5.41) is 4.18. The van der Waals surface area contributed by atoms with E-state index in [4.69, 9.17) is 4.74 Å². The van der Waals surface area contributed by atoms with Crippen molar-refractivity contribution in [1.82, 2.24) is 14.8 Å². The molecule has 0 aliphatic rings. The number of hydrogen-bond acceptors (Lipinski definition) is 5. The zero-order valence-electron chi connectivity index (χ0n) is 13.2. The van der Waals surface area contributed by atoms with Gasteiger partial charge in [0.25, 0.3) is 10.0 Å². The van der Waals surface area contributed by atoms with Crippen molar-refractivity contribution in [2.45, 2.75) is 5.03 Å². The molecule has 0 atom stereocenters. The van der Waals surface area contributed by atoms with Crippen LogP contribution >= 0.6 is 0 Å². The van der Waals surface area contributed by atoms with Crippen molar-refractivity contribution in [2.75, 3.05) is 18.5 Å². The minimum Gasteiger partial charge on any atom is -0.481 e. The number of sulfonamides is 1. The number of aromatic nitrogens is 3. The molecular formula is C16H16N4O3S. The van der Waals surface area contributed by atoms with Crippen LogP contribution in [0.1, 0.15) is 0 Å². The van der Waals surface area contributed by atoms with Crippen LogP contribution in [0, 0.1) is 0 Å². The van der Waals surface area contributed by atoms with E-state index in [9.17, 15) is 8.42 Å². The third-order valence-electron chi connectivity index (χ3n) is 3.47. The normalized spacial score (nSPS) is 11.2. The first-order valence-corrected chi connectivity index (χ1v) is 8.57. The highest BCUT2D eigenvalue weighted by Gasteiger charge is 2.27. The molecule has 0 saturated heterocycles. The Labute approximate surface area is 140 Å². The van der Waals surface area contributed by atoms with Crippen LogP contribution in [0.2, 0.25) is 0 Å². The number of anilines is 1. The van der Waals surface area contributed by atoms with Crippen LogP contribution in [-0.2, 0) is 10.0 Å². The first-order chi connectivity index (χ1) is 11.5. The van der Waals surface area contributed by atoms with Crippen LogP contribution in [0.15, 0.2) is 65.8 Å². The molecule has 0 unspecified atom stereocenters. The van der Waals surface area contributed by atoms with E-state index in [1.165, 1.54) is 31.1 Å². The lowest BCUT2D eigenvalue weighted by atomic mass is 10.3. The molecule has 0 N–H and O–H groups in total. The van der Waals surface area contributed by atoms with Gasteiger partial charge in [-0.1, -0.05) is 24.3 Å². The van der Waals surface area contributed by atoms with E-state index in [-0.39, 0.29) is 10.8 Å². The van der Waals surface area contributed by atoms with Gasteiger partial charge < -0.3 is 4.74 Å². The van der Waals surface area contributed by atoms with Gasteiger partial charge in [0.2, 0.25) is 5.88 Å². The second-order valence-electron chi connectivity index (χ2n) is 4.93. The average Bonchev–Trinajstić information content (AvgIpc) is 3.12. The van der Waals surface area contributed by atoms with Crippen molar-refractivity contribution >= 4 is 15.8 Å². The zero-order valence-corrected chi connectivity index (χ0v) is 14.0. The molecule has 124 valence electrons. The summed E-state index contributed by atoms with van der Waals surface area (Å²) in [5.41, 5.74) is 0.660. The summed E-state index contributed by atoms with van der Waals surface area (Å²) in [7, 11) is -0.916. The number of rotatable bonds is 5. The summed E-state index contributed by atoms with van der Waals surface area (Å²) < 4.78 is 33.5. The van der Waals surface area contributed by atoms with Gasteiger partial charge >= 0.3 is 0 Å². The molecule has 0 amide bonds. The van der Waals surface area contributed by atoms with Crippen molar-refractivity contribution in [3.8, 4) is 11.6 Å². The van der Waals surface area contributed by atoms with Crippen molar-refractivity contribution in [3.63, 3.8) is 0 Å². The van der Waals surface area contributed by atoms with E-state index >= 15 is 0 Å². The fourth-order valence-electron chi connectivity index (χ4n) is 2.21. The fraction of sp³-hybridized carbons (Fsp3) is 0.125. The molecule has 0 bridgehead atoms. The van der Waals surface area contributed by atoms with Crippen molar-refractivity contribution in [1.29, 1.82) is 0 Å². The maximum absolute atomic E-state index is 13.0. The van der Waals surface area contributed by atoms with Crippen molar-refractivity contribution < 1.29 is 13.2 Å².